The molecule has 1 saturated heterocycles. The van der Waals surface area contributed by atoms with E-state index >= 15 is 0 Å². The van der Waals surface area contributed by atoms with Crippen molar-refractivity contribution in [3.05, 3.63) is 35.4 Å². The first-order valence-corrected chi connectivity index (χ1v) is 9.34. The SMILES string of the molecule is CS(=O)(=O)Cc1ccc(C(=O)N2CCN(CCO)CC2)cc1. The molecule has 6 nitrogen and oxygen atoms in total. The van der Waals surface area contributed by atoms with Crippen molar-refractivity contribution in [1.29, 1.82) is 0 Å². The lowest BCUT2D eigenvalue weighted by Crippen LogP contribution is -2.49. The number of amides is 1. The number of carbonyl (C=O) groups is 1. The highest BCUT2D eigenvalue weighted by Gasteiger charge is 2.21. The van der Waals surface area contributed by atoms with E-state index in [1.165, 1.54) is 6.26 Å². The van der Waals surface area contributed by atoms with Crippen molar-refractivity contribution >= 4 is 15.7 Å². The molecule has 0 aliphatic carbocycles. The molecule has 0 unspecified atom stereocenters. The highest BCUT2D eigenvalue weighted by Crippen LogP contribution is 2.12. The number of benzene rings is 1. The van der Waals surface area contributed by atoms with E-state index in [1.807, 2.05) is 0 Å². The van der Waals surface area contributed by atoms with Crippen molar-refractivity contribution in [2.24, 2.45) is 0 Å². The first kappa shape index (κ1) is 16.9. The fraction of sp³-hybridized carbons (Fsp3) is 0.533. The number of rotatable bonds is 5. The molecule has 1 aliphatic heterocycles. The van der Waals surface area contributed by atoms with Gasteiger partial charge in [0.05, 0.1) is 12.4 Å². The van der Waals surface area contributed by atoms with Gasteiger partial charge in [-0.25, -0.2) is 8.42 Å². The van der Waals surface area contributed by atoms with Crippen molar-refractivity contribution in [2.45, 2.75) is 5.75 Å². The molecule has 1 fully saturated rings. The van der Waals surface area contributed by atoms with Gasteiger partial charge in [0.25, 0.3) is 5.91 Å². The van der Waals surface area contributed by atoms with E-state index in [0.29, 0.717) is 30.8 Å². The van der Waals surface area contributed by atoms with Gasteiger partial charge >= 0.3 is 0 Å². The van der Waals surface area contributed by atoms with E-state index in [4.69, 9.17) is 5.11 Å². The monoisotopic (exact) mass is 326 g/mol. The summed E-state index contributed by atoms with van der Waals surface area (Å²) in [5.41, 5.74) is 1.26. The summed E-state index contributed by atoms with van der Waals surface area (Å²) in [7, 11) is -3.06. The minimum Gasteiger partial charge on any atom is -0.395 e. The number of aliphatic hydroxyl groups is 1. The molecule has 1 amide bonds. The van der Waals surface area contributed by atoms with Gasteiger partial charge in [-0.15, -0.1) is 0 Å². The lowest BCUT2D eigenvalue weighted by atomic mass is 10.1. The lowest BCUT2D eigenvalue weighted by molar-refractivity contribution is 0.0615. The molecule has 22 heavy (non-hydrogen) atoms. The minimum atomic E-state index is -3.06. The van der Waals surface area contributed by atoms with E-state index in [9.17, 15) is 13.2 Å². The molecule has 122 valence electrons. The summed E-state index contributed by atoms with van der Waals surface area (Å²) in [6.45, 7) is 3.59. The smallest absolute Gasteiger partial charge is 0.253 e. The van der Waals surface area contributed by atoms with E-state index in [0.717, 1.165) is 13.1 Å². The van der Waals surface area contributed by atoms with Crippen molar-refractivity contribution in [1.82, 2.24) is 9.80 Å². The predicted octanol–water partition coefficient (Wildman–Crippen LogP) is -0.0187. The minimum absolute atomic E-state index is 0.0126. The Labute approximate surface area is 131 Å². The van der Waals surface area contributed by atoms with Gasteiger partial charge in [-0.3, -0.25) is 9.69 Å². The van der Waals surface area contributed by atoms with E-state index < -0.39 is 9.84 Å². The van der Waals surface area contributed by atoms with E-state index in [2.05, 4.69) is 4.90 Å². The van der Waals surface area contributed by atoms with Crippen LogP contribution in [-0.2, 0) is 15.6 Å². The summed E-state index contributed by atoms with van der Waals surface area (Å²) < 4.78 is 22.5. The number of sulfone groups is 1. The zero-order chi connectivity index (χ0) is 16.2. The molecular weight excluding hydrogens is 304 g/mol. The molecule has 2 rings (SSSR count). The maximum atomic E-state index is 12.4. The van der Waals surface area contributed by atoms with Crippen LogP contribution in [0.4, 0.5) is 0 Å². The zero-order valence-electron chi connectivity index (χ0n) is 12.7. The Kier molecular flexibility index (Phi) is 5.55. The van der Waals surface area contributed by atoms with Crippen LogP contribution in [-0.4, -0.2) is 74.8 Å². The molecule has 1 heterocycles. The van der Waals surface area contributed by atoms with Gasteiger partial charge in [-0.05, 0) is 17.7 Å². The lowest BCUT2D eigenvalue weighted by Gasteiger charge is -2.34. The summed E-state index contributed by atoms with van der Waals surface area (Å²) in [6, 6.07) is 6.75. The van der Waals surface area contributed by atoms with Crippen LogP contribution in [0.3, 0.4) is 0 Å². The number of carbonyl (C=O) groups excluding carboxylic acids is 1. The predicted molar refractivity (Wildman–Crippen MR) is 84.4 cm³/mol. The molecule has 1 N–H and O–H groups in total. The second-order valence-corrected chi connectivity index (χ2v) is 7.76. The number of aliphatic hydroxyl groups excluding tert-OH is 1. The standard InChI is InChI=1S/C15H22N2O4S/c1-22(20,21)12-13-2-4-14(5-3-13)15(19)17-8-6-16(7-9-17)10-11-18/h2-5,18H,6-12H2,1H3. The Hall–Kier alpha value is -1.44. The third kappa shape index (κ3) is 4.79. The second-order valence-electron chi connectivity index (χ2n) is 5.62. The summed E-state index contributed by atoms with van der Waals surface area (Å²) in [5, 5.41) is 8.91. The first-order valence-electron chi connectivity index (χ1n) is 7.28. The Morgan fingerprint density at radius 3 is 2.23 bits per heavy atom. The Morgan fingerprint density at radius 1 is 1.14 bits per heavy atom. The zero-order valence-corrected chi connectivity index (χ0v) is 13.6. The van der Waals surface area contributed by atoms with Crippen molar-refractivity contribution in [2.75, 3.05) is 45.6 Å². The van der Waals surface area contributed by atoms with Crippen LogP contribution in [0.1, 0.15) is 15.9 Å². The van der Waals surface area contributed by atoms with Gasteiger partial charge < -0.3 is 10.0 Å². The van der Waals surface area contributed by atoms with Gasteiger partial charge in [0.15, 0.2) is 9.84 Å². The summed E-state index contributed by atoms with van der Waals surface area (Å²) in [4.78, 5) is 16.3. The summed E-state index contributed by atoms with van der Waals surface area (Å²) in [6.07, 6.45) is 1.19. The Balaban J connectivity index is 1.96. The maximum Gasteiger partial charge on any atom is 0.253 e. The molecule has 0 aromatic heterocycles. The van der Waals surface area contributed by atoms with Crippen molar-refractivity contribution in [3.63, 3.8) is 0 Å². The topological polar surface area (TPSA) is 77.9 Å². The van der Waals surface area contributed by atoms with Crippen LogP contribution >= 0.6 is 0 Å². The molecule has 1 aromatic carbocycles. The van der Waals surface area contributed by atoms with Crippen molar-refractivity contribution < 1.29 is 18.3 Å². The highest BCUT2D eigenvalue weighted by molar-refractivity contribution is 7.89. The van der Waals surface area contributed by atoms with Crippen LogP contribution < -0.4 is 0 Å². The Morgan fingerprint density at radius 2 is 1.73 bits per heavy atom. The molecule has 0 spiro atoms. The number of nitrogens with zero attached hydrogens (tertiary/aromatic N) is 2. The number of piperazine rings is 1. The van der Waals surface area contributed by atoms with Gasteiger partial charge in [-0.2, -0.15) is 0 Å². The molecule has 7 heteroatoms. The largest absolute Gasteiger partial charge is 0.395 e. The first-order chi connectivity index (χ1) is 10.4. The highest BCUT2D eigenvalue weighted by atomic mass is 32.2. The van der Waals surface area contributed by atoms with Gasteiger partial charge in [-0.1, -0.05) is 12.1 Å². The molecule has 1 aliphatic rings. The molecule has 0 radical (unpaired) electrons. The van der Waals surface area contributed by atoms with E-state index in [1.54, 1.807) is 29.2 Å². The molecular formula is C15H22N2O4S. The Bertz CT molecular complexity index is 605. The fourth-order valence-electron chi connectivity index (χ4n) is 2.54. The van der Waals surface area contributed by atoms with Crippen LogP contribution in [0.5, 0.6) is 0 Å². The molecule has 0 saturated carbocycles. The number of β-amino-alcohol motifs (C(OH)–C–C–N with tert-alkyl or cyclic N) is 1. The summed E-state index contributed by atoms with van der Waals surface area (Å²) >= 11 is 0. The van der Waals surface area contributed by atoms with Crippen LogP contribution in [0.15, 0.2) is 24.3 Å². The maximum absolute atomic E-state index is 12.4. The molecule has 1 aromatic rings. The summed E-state index contributed by atoms with van der Waals surface area (Å²) in [5.74, 6) is -0.0454. The number of hydrogen-bond donors (Lipinski definition) is 1. The third-order valence-electron chi connectivity index (χ3n) is 3.71. The molecule has 0 bridgehead atoms. The van der Waals surface area contributed by atoms with Crippen molar-refractivity contribution in [3.8, 4) is 0 Å². The van der Waals surface area contributed by atoms with E-state index in [-0.39, 0.29) is 18.3 Å². The third-order valence-corrected chi connectivity index (χ3v) is 4.56. The van der Waals surface area contributed by atoms with Gasteiger partial charge in [0.1, 0.15) is 0 Å². The normalized spacial score (nSPS) is 16.7. The fourth-order valence-corrected chi connectivity index (χ4v) is 3.34. The van der Waals surface area contributed by atoms with Crippen LogP contribution in [0.2, 0.25) is 0 Å². The average molecular weight is 326 g/mol. The number of hydrogen-bond acceptors (Lipinski definition) is 5. The molecule has 0 atom stereocenters. The quantitative estimate of drug-likeness (QED) is 0.823. The second kappa shape index (κ2) is 7.21. The van der Waals surface area contributed by atoms with Crippen LogP contribution in [0.25, 0.3) is 0 Å². The van der Waals surface area contributed by atoms with Gasteiger partial charge in [0.2, 0.25) is 0 Å². The average Bonchev–Trinajstić information content (AvgIpc) is 2.47. The van der Waals surface area contributed by atoms with Crippen LogP contribution in [0, 0.1) is 0 Å². The van der Waals surface area contributed by atoms with Gasteiger partial charge in [0, 0.05) is 44.5 Å².